The molecule has 7 nitrogen and oxygen atoms in total. The van der Waals surface area contributed by atoms with Gasteiger partial charge < -0.3 is 20.3 Å². The zero-order valence-corrected chi connectivity index (χ0v) is 24.3. The second kappa shape index (κ2) is 14.4. The van der Waals surface area contributed by atoms with Crippen molar-refractivity contribution in [2.45, 2.75) is 91.6 Å². The normalized spacial score (nSPS) is 14.2. The highest BCUT2D eigenvalue weighted by molar-refractivity contribution is 5.93. The van der Waals surface area contributed by atoms with Crippen LogP contribution in [0.3, 0.4) is 0 Å². The van der Waals surface area contributed by atoms with Crippen LogP contribution < -0.4 is 10.6 Å². The van der Waals surface area contributed by atoms with Crippen molar-refractivity contribution in [1.82, 2.24) is 15.5 Å². The second-order valence-corrected chi connectivity index (χ2v) is 10.8. The number of alkyl carbamates (subject to hydrolysis) is 1. The van der Waals surface area contributed by atoms with E-state index in [4.69, 9.17) is 11.2 Å². The van der Waals surface area contributed by atoms with E-state index in [1.807, 2.05) is 58.0 Å². The molecular formula is C32H43N3O4. The molecule has 7 heteroatoms. The molecule has 0 aliphatic rings. The summed E-state index contributed by atoms with van der Waals surface area (Å²) < 4.78 is 5.47. The van der Waals surface area contributed by atoms with Crippen LogP contribution in [0.25, 0.3) is 0 Å². The summed E-state index contributed by atoms with van der Waals surface area (Å²) in [5, 5.41) is 5.79. The average molecular weight is 534 g/mol. The third kappa shape index (κ3) is 8.88. The van der Waals surface area contributed by atoms with E-state index in [9.17, 15) is 14.4 Å². The van der Waals surface area contributed by atoms with Crippen molar-refractivity contribution in [2.24, 2.45) is 5.92 Å². The molecule has 210 valence electrons. The van der Waals surface area contributed by atoms with Crippen molar-refractivity contribution in [1.29, 1.82) is 0 Å². The van der Waals surface area contributed by atoms with Crippen LogP contribution in [-0.4, -0.2) is 40.5 Å². The van der Waals surface area contributed by atoms with Crippen LogP contribution in [0.4, 0.5) is 4.79 Å². The van der Waals surface area contributed by atoms with Gasteiger partial charge in [-0.1, -0.05) is 81.6 Å². The Morgan fingerprint density at radius 3 is 2.15 bits per heavy atom. The first-order valence-corrected chi connectivity index (χ1v) is 13.6. The number of carbonyl (C=O) groups is 3. The summed E-state index contributed by atoms with van der Waals surface area (Å²) in [5.74, 6) is 1.74. The van der Waals surface area contributed by atoms with Crippen molar-refractivity contribution in [2.75, 3.05) is 0 Å². The number of terminal acetylenes is 1. The van der Waals surface area contributed by atoms with Gasteiger partial charge in [0.2, 0.25) is 11.8 Å². The molecule has 4 atom stereocenters. The molecule has 0 bridgehead atoms. The third-order valence-corrected chi connectivity index (χ3v) is 6.72. The van der Waals surface area contributed by atoms with E-state index in [2.05, 4.69) is 16.6 Å². The van der Waals surface area contributed by atoms with Crippen molar-refractivity contribution in [3.05, 3.63) is 71.3 Å². The molecule has 2 aromatic carbocycles. The van der Waals surface area contributed by atoms with Gasteiger partial charge in [-0.05, 0) is 57.2 Å². The minimum absolute atomic E-state index is 0.215. The van der Waals surface area contributed by atoms with Gasteiger partial charge in [0, 0.05) is 18.2 Å². The molecular weight excluding hydrogens is 490 g/mol. The van der Waals surface area contributed by atoms with Crippen LogP contribution in [0.5, 0.6) is 0 Å². The number of ether oxygens (including phenoxy) is 1. The smallest absolute Gasteiger partial charge is 0.408 e. The molecule has 2 rings (SSSR count). The second-order valence-electron chi connectivity index (χ2n) is 10.8. The van der Waals surface area contributed by atoms with Gasteiger partial charge in [0.25, 0.3) is 0 Å². The van der Waals surface area contributed by atoms with Crippen molar-refractivity contribution in [3.63, 3.8) is 0 Å². The summed E-state index contributed by atoms with van der Waals surface area (Å²) >= 11 is 0. The number of amides is 3. The number of hydrogen-bond donors (Lipinski definition) is 2. The molecule has 2 N–H and O–H groups in total. The Morgan fingerprint density at radius 1 is 0.974 bits per heavy atom. The first-order chi connectivity index (χ1) is 18.4. The van der Waals surface area contributed by atoms with Crippen LogP contribution in [0.15, 0.2) is 54.6 Å². The van der Waals surface area contributed by atoms with E-state index in [-0.39, 0.29) is 23.8 Å². The van der Waals surface area contributed by atoms with Gasteiger partial charge in [-0.25, -0.2) is 4.79 Å². The molecule has 0 saturated carbocycles. The van der Waals surface area contributed by atoms with Gasteiger partial charge in [-0.15, -0.1) is 6.42 Å². The van der Waals surface area contributed by atoms with Gasteiger partial charge >= 0.3 is 6.09 Å². The van der Waals surface area contributed by atoms with Crippen molar-refractivity contribution >= 4 is 17.9 Å². The molecule has 0 saturated heterocycles. The Morgan fingerprint density at radius 2 is 1.59 bits per heavy atom. The largest absolute Gasteiger partial charge is 0.444 e. The number of carbonyl (C=O) groups excluding carboxylic acids is 3. The number of nitrogens with one attached hydrogen (secondary N) is 2. The minimum atomic E-state index is -1.00. The molecule has 2 aromatic rings. The SMILES string of the molecule is C#Cc1ccccc1C(C(=O)NCc1ccccc1)N(C(=O)C(NC(=O)OC(C)(C)C)C(C)CC)C(C)CC. The summed E-state index contributed by atoms with van der Waals surface area (Å²) in [6, 6.07) is 14.5. The molecule has 0 aliphatic heterocycles. The average Bonchev–Trinajstić information content (AvgIpc) is 2.91. The first-order valence-electron chi connectivity index (χ1n) is 13.6. The maximum absolute atomic E-state index is 14.4. The molecule has 3 amide bonds. The van der Waals surface area contributed by atoms with Gasteiger partial charge in [-0.2, -0.15) is 0 Å². The van der Waals surface area contributed by atoms with Gasteiger partial charge in [0.15, 0.2) is 0 Å². The van der Waals surface area contributed by atoms with E-state index in [0.717, 1.165) is 5.56 Å². The maximum atomic E-state index is 14.4. The number of benzene rings is 2. The standard InChI is InChI=1S/C32H43N3O4/c1-9-22(4)27(34-31(38)39-32(6,7)8)30(37)35(23(5)10-2)28(26-20-16-15-19-25(26)11-3)29(36)33-21-24-17-13-12-14-18-24/h3,12-20,22-23,27-28H,9-10,21H2,1-2,4-8H3,(H,33,36)(H,34,38). The molecule has 0 radical (unpaired) electrons. The van der Waals surface area contributed by atoms with E-state index in [1.165, 1.54) is 0 Å². The van der Waals surface area contributed by atoms with Gasteiger partial charge in [0.05, 0.1) is 0 Å². The fourth-order valence-electron chi connectivity index (χ4n) is 4.24. The zero-order chi connectivity index (χ0) is 29.2. The summed E-state index contributed by atoms with van der Waals surface area (Å²) in [6.07, 6.45) is 6.37. The predicted molar refractivity (Wildman–Crippen MR) is 155 cm³/mol. The molecule has 39 heavy (non-hydrogen) atoms. The number of hydrogen-bond acceptors (Lipinski definition) is 4. The maximum Gasteiger partial charge on any atom is 0.408 e. The Kier molecular flexibility index (Phi) is 11.6. The van der Waals surface area contributed by atoms with Crippen LogP contribution in [0, 0.1) is 18.3 Å². The lowest BCUT2D eigenvalue weighted by atomic mass is 9.92. The van der Waals surface area contributed by atoms with Crippen molar-refractivity contribution in [3.8, 4) is 12.3 Å². The van der Waals surface area contributed by atoms with E-state index >= 15 is 0 Å². The summed E-state index contributed by atoms with van der Waals surface area (Å²) in [4.78, 5) is 42.7. The van der Waals surface area contributed by atoms with Crippen LogP contribution in [-0.2, 0) is 20.9 Å². The lowest BCUT2D eigenvalue weighted by Crippen LogP contribution is -2.57. The zero-order valence-electron chi connectivity index (χ0n) is 24.3. The Hall–Kier alpha value is -3.79. The molecule has 0 aromatic heterocycles. The highest BCUT2D eigenvalue weighted by atomic mass is 16.6. The highest BCUT2D eigenvalue weighted by Crippen LogP contribution is 2.30. The van der Waals surface area contributed by atoms with Crippen LogP contribution >= 0.6 is 0 Å². The monoisotopic (exact) mass is 533 g/mol. The van der Waals surface area contributed by atoms with Gasteiger partial charge in [0.1, 0.15) is 17.7 Å². The Labute approximate surface area is 233 Å². The lowest BCUT2D eigenvalue weighted by Gasteiger charge is -2.39. The fraction of sp³-hybridized carbons (Fsp3) is 0.469. The van der Waals surface area contributed by atoms with E-state index < -0.39 is 23.8 Å². The van der Waals surface area contributed by atoms with Gasteiger partial charge in [-0.3, -0.25) is 9.59 Å². The molecule has 4 unspecified atom stereocenters. The lowest BCUT2D eigenvalue weighted by molar-refractivity contribution is -0.146. The molecule has 0 fully saturated rings. The van der Waals surface area contributed by atoms with E-state index in [0.29, 0.717) is 30.5 Å². The topological polar surface area (TPSA) is 87.7 Å². The van der Waals surface area contributed by atoms with Crippen LogP contribution in [0.1, 0.15) is 84.0 Å². The first kappa shape index (κ1) is 31.4. The molecule has 0 spiro atoms. The minimum Gasteiger partial charge on any atom is -0.444 e. The molecule has 0 heterocycles. The van der Waals surface area contributed by atoms with Crippen LogP contribution in [0.2, 0.25) is 0 Å². The number of nitrogens with zero attached hydrogens (tertiary/aromatic N) is 1. The highest BCUT2D eigenvalue weighted by Gasteiger charge is 2.40. The summed E-state index contributed by atoms with van der Waals surface area (Å²) in [6.45, 7) is 13.3. The third-order valence-electron chi connectivity index (χ3n) is 6.72. The summed E-state index contributed by atoms with van der Waals surface area (Å²) in [7, 11) is 0. The summed E-state index contributed by atoms with van der Waals surface area (Å²) in [5.41, 5.74) is 1.29. The Balaban J connectivity index is 2.58. The molecule has 0 aliphatic carbocycles. The number of rotatable bonds is 11. The van der Waals surface area contributed by atoms with Crippen molar-refractivity contribution < 1.29 is 19.1 Å². The quantitative estimate of drug-likeness (QED) is 0.369. The predicted octanol–water partition coefficient (Wildman–Crippen LogP) is 5.59. The Bertz CT molecular complexity index is 1150. The van der Waals surface area contributed by atoms with E-state index in [1.54, 1.807) is 49.9 Å². The fourth-order valence-corrected chi connectivity index (χ4v) is 4.24.